The summed E-state index contributed by atoms with van der Waals surface area (Å²) < 4.78 is 0. The summed E-state index contributed by atoms with van der Waals surface area (Å²) in [6.07, 6.45) is 1.81. The molecule has 10 heavy (non-hydrogen) atoms. The van der Waals surface area contributed by atoms with Gasteiger partial charge in [0.15, 0.2) is 0 Å². The van der Waals surface area contributed by atoms with Gasteiger partial charge in [-0.05, 0) is 24.7 Å². The Morgan fingerprint density at radius 2 is 2.10 bits per heavy atom. The van der Waals surface area contributed by atoms with Crippen molar-refractivity contribution in [3.05, 3.63) is 0 Å². The van der Waals surface area contributed by atoms with E-state index < -0.39 is 5.60 Å². The summed E-state index contributed by atoms with van der Waals surface area (Å²) in [5.41, 5.74) is 4.88. The van der Waals surface area contributed by atoms with Gasteiger partial charge in [-0.3, -0.25) is 0 Å². The highest BCUT2D eigenvalue weighted by molar-refractivity contribution is 4.95. The predicted octanol–water partition coefficient (Wildman–Crippen LogP) is 0.742. The van der Waals surface area contributed by atoms with E-state index in [9.17, 15) is 5.11 Å². The Morgan fingerprint density at radius 3 is 2.40 bits per heavy atom. The first-order valence-corrected chi connectivity index (χ1v) is 4.00. The van der Waals surface area contributed by atoms with Crippen LogP contribution in [0.25, 0.3) is 0 Å². The van der Waals surface area contributed by atoms with Crippen LogP contribution in [0.5, 0.6) is 0 Å². The third-order valence-electron chi connectivity index (χ3n) is 2.61. The molecule has 0 aliphatic heterocycles. The fourth-order valence-corrected chi connectivity index (χ4v) is 1.55. The molecule has 2 nitrogen and oxygen atoms in total. The molecule has 0 saturated heterocycles. The van der Waals surface area contributed by atoms with Crippen LogP contribution < -0.4 is 5.73 Å². The molecule has 0 bridgehead atoms. The van der Waals surface area contributed by atoms with Gasteiger partial charge in [0.25, 0.3) is 0 Å². The molecule has 0 radical (unpaired) electrons. The van der Waals surface area contributed by atoms with Gasteiger partial charge in [0.05, 0.1) is 5.60 Å². The maximum Gasteiger partial charge on any atom is 0.0774 e. The van der Waals surface area contributed by atoms with Gasteiger partial charge in [-0.1, -0.05) is 13.8 Å². The Balaban J connectivity index is 2.29. The molecular weight excluding hydrogens is 126 g/mol. The van der Waals surface area contributed by atoms with Crippen LogP contribution in [0.1, 0.15) is 26.7 Å². The van der Waals surface area contributed by atoms with E-state index in [0.717, 1.165) is 12.8 Å². The van der Waals surface area contributed by atoms with Gasteiger partial charge in [0.2, 0.25) is 0 Å². The fourth-order valence-electron chi connectivity index (χ4n) is 1.55. The first-order chi connectivity index (χ1) is 4.57. The molecule has 3 N–H and O–H groups in total. The zero-order valence-electron chi connectivity index (χ0n) is 6.80. The molecule has 2 heteroatoms. The van der Waals surface area contributed by atoms with Crippen molar-refractivity contribution >= 4 is 0 Å². The maximum absolute atomic E-state index is 9.51. The number of rotatable bonds is 2. The van der Waals surface area contributed by atoms with E-state index in [4.69, 9.17) is 5.73 Å². The highest BCUT2D eigenvalue weighted by Gasteiger charge is 2.42. The van der Waals surface area contributed by atoms with Crippen LogP contribution in [0.2, 0.25) is 0 Å². The molecule has 1 rings (SSSR count). The predicted molar refractivity (Wildman–Crippen MR) is 41.6 cm³/mol. The first kappa shape index (κ1) is 8.02. The van der Waals surface area contributed by atoms with Crippen molar-refractivity contribution in [1.29, 1.82) is 0 Å². The molecule has 60 valence electrons. The van der Waals surface area contributed by atoms with Crippen LogP contribution >= 0.6 is 0 Å². The standard InChI is InChI=1S/C8H17NO/c1-6(2)7-3-8(10,4-7)5-9/h6-7,10H,3-5,9H2,1-2H3. The molecule has 0 aromatic heterocycles. The van der Waals surface area contributed by atoms with Gasteiger partial charge in [0, 0.05) is 6.54 Å². The van der Waals surface area contributed by atoms with Gasteiger partial charge < -0.3 is 10.8 Å². The molecule has 0 amide bonds. The summed E-state index contributed by atoms with van der Waals surface area (Å²) in [7, 11) is 0. The number of hydrogen-bond acceptors (Lipinski definition) is 2. The highest BCUT2D eigenvalue weighted by atomic mass is 16.3. The minimum atomic E-state index is -0.505. The lowest BCUT2D eigenvalue weighted by Crippen LogP contribution is -2.50. The van der Waals surface area contributed by atoms with E-state index in [1.54, 1.807) is 0 Å². The molecule has 0 aromatic rings. The third-order valence-corrected chi connectivity index (χ3v) is 2.61. The molecule has 0 unspecified atom stereocenters. The smallest absolute Gasteiger partial charge is 0.0774 e. The van der Waals surface area contributed by atoms with Crippen molar-refractivity contribution in [1.82, 2.24) is 0 Å². The van der Waals surface area contributed by atoms with Crippen molar-refractivity contribution in [2.45, 2.75) is 32.3 Å². The summed E-state index contributed by atoms with van der Waals surface area (Å²) in [4.78, 5) is 0. The van der Waals surface area contributed by atoms with Gasteiger partial charge in [-0.15, -0.1) is 0 Å². The van der Waals surface area contributed by atoms with Gasteiger partial charge in [-0.2, -0.15) is 0 Å². The molecule has 0 spiro atoms. The van der Waals surface area contributed by atoms with E-state index in [-0.39, 0.29) is 0 Å². The number of nitrogens with two attached hydrogens (primary N) is 1. The molecule has 1 aliphatic rings. The Bertz CT molecular complexity index is 116. The molecular formula is C8H17NO. The third kappa shape index (κ3) is 1.32. The van der Waals surface area contributed by atoms with Crippen molar-refractivity contribution < 1.29 is 5.11 Å². The molecule has 1 fully saturated rings. The quantitative estimate of drug-likeness (QED) is 0.599. The van der Waals surface area contributed by atoms with Crippen molar-refractivity contribution in [3.8, 4) is 0 Å². The average Bonchev–Trinajstić information content (AvgIpc) is 1.80. The van der Waals surface area contributed by atoms with Gasteiger partial charge in [0.1, 0.15) is 0 Å². The van der Waals surface area contributed by atoms with Crippen LogP contribution in [-0.4, -0.2) is 17.3 Å². The molecule has 1 saturated carbocycles. The summed E-state index contributed by atoms with van der Waals surface area (Å²) in [6.45, 7) is 4.82. The maximum atomic E-state index is 9.51. The average molecular weight is 143 g/mol. The van der Waals surface area contributed by atoms with E-state index in [2.05, 4.69) is 13.8 Å². The topological polar surface area (TPSA) is 46.2 Å². The number of aliphatic hydroxyl groups is 1. The monoisotopic (exact) mass is 143 g/mol. The summed E-state index contributed by atoms with van der Waals surface area (Å²) in [5, 5.41) is 9.51. The van der Waals surface area contributed by atoms with E-state index >= 15 is 0 Å². The van der Waals surface area contributed by atoms with Crippen molar-refractivity contribution in [3.63, 3.8) is 0 Å². The highest BCUT2D eigenvalue weighted by Crippen LogP contribution is 2.41. The SMILES string of the molecule is CC(C)C1CC(O)(CN)C1. The summed E-state index contributed by atoms with van der Waals surface area (Å²) >= 11 is 0. The van der Waals surface area contributed by atoms with Crippen LogP contribution in [-0.2, 0) is 0 Å². The Kier molecular flexibility index (Phi) is 2.02. The Hall–Kier alpha value is -0.0800. The molecule has 0 atom stereocenters. The Morgan fingerprint density at radius 1 is 1.60 bits per heavy atom. The minimum absolute atomic E-state index is 0.427. The van der Waals surface area contributed by atoms with Crippen molar-refractivity contribution in [2.75, 3.05) is 6.54 Å². The largest absolute Gasteiger partial charge is 0.389 e. The van der Waals surface area contributed by atoms with E-state index in [1.807, 2.05) is 0 Å². The van der Waals surface area contributed by atoms with E-state index in [0.29, 0.717) is 18.4 Å². The minimum Gasteiger partial charge on any atom is -0.389 e. The molecule has 1 aliphatic carbocycles. The van der Waals surface area contributed by atoms with Crippen LogP contribution in [0, 0.1) is 11.8 Å². The molecule has 0 aromatic carbocycles. The lowest BCUT2D eigenvalue weighted by atomic mass is 9.66. The zero-order chi connectivity index (χ0) is 7.78. The normalized spacial score (nSPS) is 39.9. The second kappa shape index (κ2) is 2.51. The zero-order valence-corrected chi connectivity index (χ0v) is 6.80. The second-order valence-corrected chi connectivity index (χ2v) is 3.84. The van der Waals surface area contributed by atoms with E-state index in [1.165, 1.54) is 0 Å². The Labute approximate surface area is 62.4 Å². The van der Waals surface area contributed by atoms with Crippen molar-refractivity contribution in [2.24, 2.45) is 17.6 Å². The summed E-state index contributed by atoms with van der Waals surface area (Å²) in [6, 6.07) is 0. The number of hydrogen-bond donors (Lipinski definition) is 2. The summed E-state index contributed by atoms with van der Waals surface area (Å²) in [5.74, 6) is 1.40. The second-order valence-electron chi connectivity index (χ2n) is 3.84. The first-order valence-electron chi connectivity index (χ1n) is 4.00. The lowest BCUT2D eigenvalue weighted by Gasteiger charge is -2.45. The fraction of sp³-hybridized carbons (Fsp3) is 1.00. The van der Waals surface area contributed by atoms with Gasteiger partial charge >= 0.3 is 0 Å². The van der Waals surface area contributed by atoms with Crippen LogP contribution in [0.15, 0.2) is 0 Å². The van der Waals surface area contributed by atoms with Crippen LogP contribution in [0.4, 0.5) is 0 Å². The van der Waals surface area contributed by atoms with Crippen LogP contribution in [0.3, 0.4) is 0 Å². The lowest BCUT2D eigenvalue weighted by molar-refractivity contribution is -0.0788. The molecule has 0 heterocycles. The van der Waals surface area contributed by atoms with Gasteiger partial charge in [-0.25, -0.2) is 0 Å².